The fourth-order valence-corrected chi connectivity index (χ4v) is 2.78. The summed E-state index contributed by atoms with van der Waals surface area (Å²) < 4.78 is 43.5. The summed E-state index contributed by atoms with van der Waals surface area (Å²) in [6.07, 6.45) is -4.48. The van der Waals surface area contributed by atoms with E-state index in [0.29, 0.717) is 17.8 Å². The van der Waals surface area contributed by atoms with Crippen LogP contribution in [0, 0.1) is 0 Å². The Bertz CT molecular complexity index is 1030. The zero-order valence-electron chi connectivity index (χ0n) is 16.4. The Hall–Kier alpha value is -3.75. The second kappa shape index (κ2) is 9.84. The topological polar surface area (TPSA) is 89.3 Å². The molecule has 1 aromatic heterocycles. The minimum Gasteiger partial charge on any atom is -0.449 e. The second-order valence-electron chi connectivity index (χ2n) is 6.68. The number of nitrogens with two attached hydrogens (primary N) is 1. The lowest BCUT2D eigenvalue weighted by Crippen LogP contribution is -2.17. The Morgan fingerprint density at radius 3 is 2.45 bits per heavy atom. The summed E-state index contributed by atoms with van der Waals surface area (Å²) in [7, 11) is 0. The van der Waals surface area contributed by atoms with E-state index < -0.39 is 17.8 Å². The molecule has 9 heteroatoms. The van der Waals surface area contributed by atoms with Crippen LogP contribution in [0.25, 0.3) is 0 Å². The molecule has 3 rings (SSSR count). The summed E-state index contributed by atoms with van der Waals surface area (Å²) in [6, 6.07) is 17.7. The molecule has 0 aliphatic heterocycles. The van der Waals surface area contributed by atoms with Gasteiger partial charge in [-0.25, -0.2) is 9.78 Å². The molecule has 1 heterocycles. The number of amides is 1. The zero-order valence-corrected chi connectivity index (χ0v) is 16.4. The molecule has 6 nitrogen and oxygen atoms in total. The van der Waals surface area contributed by atoms with Gasteiger partial charge in [0.2, 0.25) is 0 Å². The quantitative estimate of drug-likeness (QED) is 0.486. The van der Waals surface area contributed by atoms with Crippen LogP contribution in [0.1, 0.15) is 16.7 Å². The highest BCUT2D eigenvalue weighted by molar-refractivity contribution is 5.88. The molecule has 31 heavy (non-hydrogen) atoms. The summed E-state index contributed by atoms with van der Waals surface area (Å²) in [5, 5.41) is 5.43. The number of anilines is 3. The first-order chi connectivity index (χ1) is 14.8. The molecule has 0 radical (unpaired) electrons. The molecular formula is C22H21F3N4O2. The Morgan fingerprint density at radius 1 is 1.00 bits per heavy atom. The molecule has 2 aromatic carbocycles. The highest BCUT2D eigenvalue weighted by atomic mass is 19.4. The van der Waals surface area contributed by atoms with Crippen LogP contribution in [-0.2, 0) is 23.9 Å². The van der Waals surface area contributed by atoms with Crippen LogP contribution < -0.4 is 16.4 Å². The Morgan fingerprint density at radius 2 is 1.74 bits per heavy atom. The maximum atomic E-state index is 12.8. The summed E-state index contributed by atoms with van der Waals surface area (Å²) in [6.45, 7) is 0.338. The molecule has 4 N–H and O–H groups in total. The molecule has 0 saturated carbocycles. The average Bonchev–Trinajstić information content (AvgIpc) is 2.74. The van der Waals surface area contributed by atoms with Gasteiger partial charge >= 0.3 is 12.3 Å². The first-order valence-electron chi connectivity index (χ1n) is 9.45. The molecule has 0 spiro atoms. The largest absolute Gasteiger partial charge is 0.449 e. The van der Waals surface area contributed by atoms with Gasteiger partial charge in [-0.2, -0.15) is 13.2 Å². The third-order valence-electron chi connectivity index (χ3n) is 4.36. The van der Waals surface area contributed by atoms with E-state index in [9.17, 15) is 18.0 Å². The summed E-state index contributed by atoms with van der Waals surface area (Å²) in [4.78, 5) is 16.1. The van der Waals surface area contributed by atoms with E-state index >= 15 is 0 Å². The lowest BCUT2D eigenvalue weighted by Gasteiger charge is -2.12. The lowest BCUT2D eigenvalue weighted by atomic mass is 10.1. The van der Waals surface area contributed by atoms with Gasteiger partial charge < -0.3 is 15.8 Å². The van der Waals surface area contributed by atoms with Gasteiger partial charge in [0.25, 0.3) is 0 Å². The van der Waals surface area contributed by atoms with Gasteiger partial charge in [0.05, 0.1) is 17.9 Å². The maximum absolute atomic E-state index is 12.8. The van der Waals surface area contributed by atoms with Crippen LogP contribution in [0.4, 0.5) is 35.3 Å². The number of nitrogen functional groups attached to an aromatic ring is 1. The Kier molecular flexibility index (Phi) is 6.96. The number of nitrogens with one attached hydrogen (secondary N) is 2. The van der Waals surface area contributed by atoms with Crippen LogP contribution in [-0.4, -0.2) is 17.7 Å². The molecule has 1 amide bonds. The average molecular weight is 430 g/mol. The predicted molar refractivity (Wildman–Crippen MR) is 113 cm³/mol. The van der Waals surface area contributed by atoms with Crippen LogP contribution in [0.2, 0.25) is 0 Å². The van der Waals surface area contributed by atoms with Crippen molar-refractivity contribution in [2.75, 3.05) is 23.0 Å². The number of carbonyl (C=O) groups excluding carboxylic acids is 1. The van der Waals surface area contributed by atoms with Crippen LogP contribution in [0.5, 0.6) is 0 Å². The first kappa shape index (κ1) is 21.9. The van der Waals surface area contributed by atoms with E-state index in [1.54, 1.807) is 12.1 Å². The normalized spacial score (nSPS) is 11.1. The van der Waals surface area contributed by atoms with E-state index in [-0.39, 0.29) is 24.7 Å². The fourth-order valence-electron chi connectivity index (χ4n) is 2.78. The molecule has 0 saturated heterocycles. The summed E-state index contributed by atoms with van der Waals surface area (Å²) >= 11 is 0. The van der Waals surface area contributed by atoms with Crippen LogP contribution in [0.15, 0.2) is 66.7 Å². The Labute approximate surface area is 177 Å². The molecular weight excluding hydrogens is 409 g/mol. The number of aromatic nitrogens is 1. The molecule has 0 fully saturated rings. The van der Waals surface area contributed by atoms with Crippen LogP contribution >= 0.6 is 0 Å². The van der Waals surface area contributed by atoms with Gasteiger partial charge in [-0.05, 0) is 35.4 Å². The van der Waals surface area contributed by atoms with E-state index in [4.69, 9.17) is 10.5 Å². The molecule has 0 aliphatic rings. The number of hydrogen-bond donors (Lipinski definition) is 3. The third-order valence-corrected chi connectivity index (χ3v) is 4.36. The second-order valence-corrected chi connectivity index (χ2v) is 6.68. The van der Waals surface area contributed by atoms with Crippen molar-refractivity contribution in [1.29, 1.82) is 0 Å². The number of pyridine rings is 1. The number of ether oxygens (including phenoxy) is 1. The number of carbonyl (C=O) groups is 1. The van der Waals surface area contributed by atoms with Gasteiger partial charge in [0, 0.05) is 13.0 Å². The third kappa shape index (κ3) is 6.63. The molecule has 162 valence electrons. The highest BCUT2D eigenvalue weighted by Gasteiger charge is 2.30. The molecule has 0 atom stereocenters. The van der Waals surface area contributed by atoms with Gasteiger partial charge in [-0.1, -0.05) is 42.5 Å². The van der Waals surface area contributed by atoms with E-state index in [2.05, 4.69) is 15.6 Å². The number of halogens is 3. The fraction of sp³-hybridized carbons (Fsp3) is 0.182. The molecule has 0 unspecified atom stereocenters. The standard InChI is InChI=1S/C22H21F3N4O2/c23-22(24,25)17-8-4-7-16(13-17)14-27-19-10-9-18(20(26)29-19)28-21(30)31-12-11-15-5-2-1-3-6-15/h1-10,13H,11-12,14H2,(H,28,30)(H3,26,27,29). The van der Waals surface area contributed by atoms with Crippen molar-refractivity contribution >= 4 is 23.4 Å². The maximum Gasteiger partial charge on any atom is 0.416 e. The number of nitrogens with zero attached hydrogens (tertiary/aromatic N) is 1. The van der Waals surface area contributed by atoms with E-state index in [0.717, 1.165) is 17.7 Å². The Balaban J connectivity index is 1.51. The number of hydrogen-bond acceptors (Lipinski definition) is 5. The van der Waals surface area contributed by atoms with Crippen molar-refractivity contribution in [1.82, 2.24) is 4.98 Å². The SMILES string of the molecule is Nc1nc(NCc2cccc(C(F)(F)F)c2)ccc1NC(=O)OCCc1ccccc1. The van der Waals surface area contributed by atoms with Gasteiger partial charge in [0.15, 0.2) is 0 Å². The summed E-state index contributed by atoms with van der Waals surface area (Å²) in [5.41, 5.74) is 6.92. The predicted octanol–water partition coefficient (Wildman–Crippen LogP) is 5.09. The van der Waals surface area contributed by atoms with Gasteiger partial charge in [0.1, 0.15) is 11.6 Å². The minimum absolute atomic E-state index is 0.0500. The van der Waals surface area contributed by atoms with Gasteiger partial charge in [-0.3, -0.25) is 5.32 Å². The molecule has 0 bridgehead atoms. The minimum atomic E-state index is -4.40. The first-order valence-corrected chi connectivity index (χ1v) is 9.45. The zero-order chi connectivity index (χ0) is 22.3. The number of rotatable bonds is 7. The van der Waals surface area contributed by atoms with E-state index in [1.807, 2.05) is 30.3 Å². The van der Waals surface area contributed by atoms with Crippen molar-refractivity contribution in [3.05, 3.63) is 83.4 Å². The van der Waals surface area contributed by atoms with E-state index in [1.165, 1.54) is 12.1 Å². The van der Waals surface area contributed by atoms with Gasteiger partial charge in [-0.15, -0.1) is 0 Å². The van der Waals surface area contributed by atoms with Crippen molar-refractivity contribution in [3.63, 3.8) is 0 Å². The molecule has 0 aliphatic carbocycles. The van der Waals surface area contributed by atoms with Crippen molar-refractivity contribution in [3.8, 4) is 0 Å². The monoisotopic (exact) mass is 430 g/mol. The van der Waals surface area contributed by atoms with Crippen molar-refractivity contribution in [2.45, 2.75) is 19.1 Å². The number of benzene rings is 2. The van der Waals surface area contributed by atoms with Crippen molar-refractivity contribution in [2.24, 2.45) is 0 Å². The highest BCUT2D eigenvalue weighted by Crippen LogP contribution is 2.29. The number of alkyl halides is 3. The van der Waals surface area contributed by atoms with Crippen molar-refractivity contribution < 1.29 is 22.7 Å². The summed E-state index contributed by atoms with van der Waals surface area (Å²) in [5.74, 6) is 0.409. The smallest absolute Gasteiger partial charge is 0.416 e. The van der Waals surface area contributed by atoms with Crippen LogP contribution in [0.3, 0.4) is 0 Å². The molecule has 3 aromatic rings. The lowest BCUT2D eigenvalue weighted by molar-refractivity contribution is -0.137.